The molecule has 0 fully saturated rings. The van der Waals surface area contributed by atoms with E-state index in [4.69, 9.17) is 6.42 Å². The lowest BCUT2D eigenvalue weighted by Crippen LogP contribution is -2.25. The van der Waals surface area contributed by atoms with Crippen LogP contribution in [0, 0.1) is 19.3 Å². The smallest absolute Gasteiger partial charge is 0.226 e. The van der Waals surface area contributed by atoms with E-state index in [1.54, 1.807) is 0 Å². The van der Waals surface area contributed by atoms with E-state index in [1.165, 1.54) is 0 Å². The lowest BCUT2D eigenvalue weighted by Gasteiger charge is -2.18. The third-order valence-corrected chi connectivity index (χ3v) is 2.58. The Kier molecular flexibility index (Phi) is 5.44. The van der Waals surface area contributed by atoms with E-state index in [-0.39, 0.29) is 0 Å². The minimum absolute atomic E-state index is 0.544. The van der Waals surface area contributed by atoms with Gasteiger partial charge in [0.05, 0.1) is 6.54 Å². The van der Waals surface area contributed by atoms with Crippen molar-refractivity contribution in [2.75, 3.05) is 24.5 Å². The van der Waals surface area contributed by atoms with E-state index < -0.39 is 0 Å². The van der Waals surface area contributed by atoms with E-state index in [2.05, 4.69) is 28.1 Å². The van der Waals surface area contributed by atoms with E-state index >= 15 is 0 Å². The van der Waals surface area contributed by atoms with Crippen LogP contribution in [0.3, 0.4) is 0 Å². The van der Waals surface area contributed by atoms with Crippen LogP contribution in [0.25, 0.3) is 0 Å². The molecule has 0 spiro atoms. The van der Waals surface area contributed by atoms with Crippen LogP contribution in [0.4, 0.5) is 5.95 Å². The van der Waals surface area contributed by atoms with Gasteiger partial charge in [0.25, 0.3) is 0 Å². The van der Waals surface area contributed by atoms with Crippen LogP contribution in [-0.2, 0) is 6.54 Å². The second kappa shape index (κ2) is 6.87. The molecule has 0 aliphatic heterocycles. The molecule has 1 aromatic rings. The van der Waals surface area contributed by atoms with Gasteiger partial charge < -0.3 is 10.2 Å². The Hall–Kier alpha value is -1.60. The van der Waals surface area contributed by atoms with Gasteiger partial charge in [-0.3, -0.25) is 0 Å². The summed E-state index contributed by atoms with van der Waals surface area (Å²) in [5.74, 6) is 3.33. The molecule has 1 rings (SSSR count). The number of hydrogen-bond donors (Lipinski definition) is 1. The standard InChI is InChI=1S/C13H20N4/c1-5-8-17(7-3)13-15-10-12(9-14-6-2)11(4)16-13/h1,10,14H,6-9H2,2-4H3. The van der Waals surface area contributed by atoms with Gasteiger partial charge in [-0.05, 0) is 20.4 Å². The van der Waals surface area contributed by atoms with E-state index in [0.717, 1.165) is 30.9 Å². The zero-order chi connectivity index (χ0) is 12.7. The number of rotatable bonds is 6. The minimum Gasteiger partial charge on any atom is -0.330 e. The first-order valence-electron chi connectivity index (χ1n) is 5.94. The third-order valence-electron chi connectivity index (χ3n) is 2.58. The van der Waals surface area contributed by atoms with Crippen LogP contribution < -0.4 is 10.2 Å². The summed E-state index contributed by atoms with van der Waals surface area (Å²) >= 11 is 0. The average Bonchev–Trinajstić information content (AvgIpc) is 2.34. The summed E-state index contributed by atoms with van der Waals surface area (Å²) in [4.78, 5) is 10.8. The number of nitrogens with zero attached hydrogens (tertiary/aromatic N) is 3. The van der Waals surface area contributed by atoms with Crippen molar-refractivity contribution in [3.05, 3.63) is 17.5 Å². The van der Waals surface area contributed by atoms with Crippen molar-refractivity contribution in [2.24, 2.45) is 0 Å². The topological polar surface area (TPSA) is 41.1 Å². The molecule has 1 heterocycles. The molecule has 0 bridgehead atoms. The Morgan fingerprint density at radius 3 is 2.76 bits per heavy atom. The molecule has 0 saturated heterocycles. The fourth-order valence-corrected chi connectivity index (χ4v) is 1.50. The van der Waals surface area contributed by atoms with Gasteiger partial charge in [-0.1, -0.05) is 12.8 Å². The van der Waals surface area contributed by atoms with E-state index in [9.17, 15) is 0 Å². The second-order valence-electron chi connectivity index (χ2n) is 3.78. The molecule has 0 aromatic carbocycles. The van der Waals surface area contributed by atoms with Crippen molar-refractivity contribution >= 4 is 5.95 Å². The number of anilines is 1. The quantitative estimate of drug-likeness (QED) is 0.752. The van der Waals surface area contributed by atoms with Gasteiger partial charge in [-0.2, -0.15) is 0 Å². The Labute approximate surface area is 103 Å². The van der Waals surface area contributed by atoms with Crippen LogP contribution in [0.15, 0.2) is 6.20 Å². The van der Waals surface area contributed by atoms with Gasteiger partial charge in [-0.15, -0.1) is 6.42 Å². The normalized spacial score (nSPS) is 10.0. The van der Waals surface area contributed by atoms with Crippen molar-refractivity contribution in [3.8, 4) is 12.3 Å². The van der Waals surface area contributed by atoms with Gasteiger partial charge in [0, 0.05) is 30.5 Å². The van der Waals surface area contributed by atoms with Crippen LogP contribution in [-0.4, -0.2) is 29.6 Å². The van der Waals surface area contributed by atoms with Crippen molar-refractivity contribution in [2.45, 2.75) is 27.3 Å². The van der Waals surface area contributed by atoms with E-state index in [1.807, 2.05) is 24.9 Å². The lowest BCUT2D eigenvalue weighted by atomic mass is 10.2. The highest BCUT2D eigenvalue weighted by molar-refractivity contribution is 5.34. The number of aromatic nitrogens is 2. The monoisotopic (exact) mass is 232 g/mol. The number of aryl methyl sites for hydroxylation is 1. The predicted octanol–water partition coefficient (Wildman–Crippen LogP) is 1.35. The Morgan fingerprint density at radius 1 is 1.47 bits per heavy atom. The fraction of sp³-hybridized carbons (Fsp3) is 0.538. The van der Waals surface area contributed by atoms with Crippen LogP contribution >= 0.6 is 0 Å². The largest absolute Gasteiger partial charge is 0.330 e. The highest BCUT2D eigenvalue weighted by Gasteiger charge is 2.08. The molecule has 0 unspecified atom stereocenters. The molecular formula is C13H20N4. The predicted molar refractivity (Wildman–Crippen MR) is 70.9 cm³/mol. The maximum atomic E-state index is 5.32. The van der Waals surface area contributed by atoms with Gasteiger partial charge in [0.15, 0.2) is 0 Å². The average molecular weight is 232 g/mol. The van der Waals surface area contributed by atoms with Gasteiger partial charge in [0.1, 0.15) is 0 Å². The summed E-state index contributed by atoms with van der Waals surface area (Å²) in [7, 11) is 0. The molecule has 0 atom stereocenters. The lowest BCUT2D eigenvalue weighted by molar-refractivity contribution is 0.713. The molecule has 17 heavy (non-hydrogen) atoms. The summed E-state index contributed by atoms with van der Waals surface area (Å²) in [5, 5.41) is 3.27. The van der Waals surface area contributed by atoms with Crippen molar-refractivity contribution in [1.82, 2.24) is 15.3 Å². The zero-order valence-electron chi connectivity index (χ0n) is 10.8. The number of hydrogen-bond acceptors (Lipinski definition) is 4. The second-order valence-corrected chi connectivity index (χ2v) is 3.78. The SMILES string of the molecule is C#CCN(CC)c1ncc(CNCC)c(C)n1. The van der Waals surface area contributed by atoms with E-state index in [0.29, 0.717) is 12.5 Å². The fourth-order valence-electron chi connectivity index (χ4n) is 1.50. The zero-order valence-corrected chi connectivity index (χ0v) is 10.8. The first-order valence-corrected chi connectivity index (χ1v) is 5.94. The van der Waals surface area contributed by atoms with Gasteiger partial charge in [0.2, 0.25) is 5.95 Å². The van der Waals surface area contributed by atoms with Gasteiger partial charge >= 0.3 is 0 Å². The summed E-state index contributed by atoms with van der Waals surface area (Å²) in [6.45, 7) is 9.24. The molecular weight excluding hydrogens is 212 g/mol. The highest BCUT2D eigenvalue weighted by Crippen LogP contribution is 2.10. The molecule has 4 heteroatoms. The molecule has 1 aromatic heterocycles. The number of terminal acetylenes is 1. The molecule has 0 aliphatic rings. The Morgan fingerprint density at radius 2 is 2.24 bits per heavy atom. The van der Waals surface area contributed by atoms with Crippen molar-refractivity contribution < 1.29 is 0 Å². The van der Waals surface area contributed by atoms with Crippen molar-refractivity contribution in [1.29, 1.82) is 0 Å². The molecule has 0 radical (unpaired) electrons. The maximum absolute atomic E-state index is 5.32. The minimum atomic E-state index is 0.544. The van der Waals surface area contributed by atoms with Crippen LogP contribution in [0.1, 0.15) is 25.1 Å². The first kappa shape index (κ1) is 13.5. The van der Waals surface area contributed by atoms with Crippen molar-refractivity contribution in [3.63, 3.8) is 0 Å². The number of nitrogens with one attached hydrogen (secondary N) is 1. The highest BCUT2D eigenvalue weighted by atomic mass is 15.2. The van der Waals surface area contributed by atoms with Crippen LogP contribution in [0.5, 0.6) is 0 Å². The van der Waals surface area contributed by atoms with Gasteiger partial charge in [-0.25, -0.2) is 9.97 Å². The molecule has 0 aliphatic carbocycles. The summed E-state index contributed by atoms with van der Waals surface area (Å²) in [6, 6.07) is 0. The van der Waals surface area contributed by atoms with Crippen LogP contribution in [0.2, 0.25) is 0 Å². The summed E-state index contributed by atoms with van der Waals surface area (Å²) in [6.07, 6.45) is 7.19. The Bertz CT molecular complexity index is 395. The first-order chi connectivity index (χ1) is 8.22. The molecule has 0 saturated carbocycles. The molecule has 1 N–H and O–H groups in total. The molecule has 4 nitrogen and oxygen atoms in total. The molecule has 0 amide bonds. The maximum Gasteiger partial charge on any atom is 0.226 e. The molecule has 92 valence electrons. The summed E-state index contributed by atoms with van der Waals surface area (Å²) in [5.41, 5.74) is 2.14. The summed E-state index contributed by atoms with van der Waals surface area (Å²) < 4.78 is 0. The Balaban J connectivity index is 2.83. The third kappa shape index (κ3) is 3.72.